The fourth-order valence-corrected chi connectivity index (χ4v) is 2.25. The summed E-state index contributed by atoms with van der Waals surface area (Å²) in [5.74, 6) is -1.44. The van der Waals surface area contributed by atoms with E-state index in [1.807, 2.05) is 0 Å². The molecule has 1 rings (SSSR count). The summed E-state index contributed by atoms with van der Waals surface area (Å²) in [6.07, 6.45) is 0.790. The lowest BCUT2D eigenvalue weighted by Gasteiger charge is -2.17. The Morgan fingerprint density at radius 2 is 1.82 bits per heavy atom. The van der Waals surface area contributed by atoms with Gasteiger partial charge in [-0.05, 0) is 38.2 Å². The number of anilines is 1. The van der Waals surface area contributed by atoms with Crippen LogP contribution in [-0.2, 0) is 9.59 Å². The zero-order valence-corrected chi connectivity index (χ0v) is 14.3. The number of nitrogens with one attached hydrogen (secondary N) is 2. The quantitative estimate of drug-likeness (QED) is 0.590. The highest BCUT2D eigenvalue weighted by molar-refractivity contribution is 6.45. The van der Waals surface area contributed by atoms with Crippen LogP contribution in [0.5, 0.6) is 0 Å². The Balaban J connectivity index is 2.39. The zero-order valence-electron chi connectivity index (χ0n) is 12.8. The second kappa shape index (κ2) is 9.66. The summed E-state index contributed by atoms with van der Waals surface area (Å²) in [7, 11) is 0. The van der Waals surface area contributed by atoms with E-state index in [1.54, 1.807) is 18.2 Å². The second-order valence-corrected chi connectivity index (χ2v) is 5.48. The fraction of sp³-hybridized carbons (Fsp3) is 0.467. The van der Waals surface area contributed by atoms with Crippen LogP contribution < -0.4 is 10.6 Å². The van der Waals surface area contributed by atoms with Crippen LogP contribution >= 0.6 is 23.2 Å². The summed E-state index contributed by atoms with van der Waals surface area (Å²) in [6, 6.07) is 4.83. The fourth-order valence-electron chi connectivity index (χ4n) is 1.90. The molecular formula is C15H21Cl2N3O2. The van der Waals surface area contributed by atoms with Crippen molar-refractivity contribution < 1.29 is 9.59 Å². The monoisotopic (exact) mass is 345 g/mol. The average Bonchev–Trinajstić information content (AvgIpc) is 2.51. The summed E-state index contributed by atoms with van der Waals surface area (Å²) < 4.78 is 0. The molecule has 0 heterocycles. The molecule has 2 N–H and O–H groups in total. The lowest BCUT2D eigenvalue weighted by Crippen LogP contribution is -2.37. The van der Waals surface area contributed by atoms with Crippen LogP contribution in [0.4, 0.5) is 5.69 Å². The number of carbonyl (C=O) groups excluding carboxylic acids is 2. The molecule has 0 radical (unpaired) electrons. The normalized spacial score (nSPS) is 10.6. The Morgan fingerprint density at radius 3 is 2.45 bits per heavy atom. The number of nitrogens with zero attached hydrogens (tertiary/aromatic N) is 1. The van der Waals surface area contributed by atoms with Crippen molar-refractivity contribution in [1.29, 1.82) is 0 Å². The van der Waals surface area contributed by atoms with Gasteiger partial charge in [0.2, 0.25) is 0 Å². The number of halogens is 2. The minimum Gasteiger partial charge on any atom is -0.348 e. The van der Waals surface area contributed by atoms with Crippen molar-refractivity contribution in [3.05, 3.63) is 28.2 Å². The highest BCUT2D eigenvalue weighted by Crippen LogP contribution is 2.29. The van der Waals surface area contributed by atoms with Gasteiger partial charge in [0.1, 0.15) is 0 Å². The van der Waals surface area contributed by atoms with Crippen LogP contribution in [0.2, 0.25) is 10.0 Å². The molecule has 0 bridgehead atoms. The SMILES string of the molecule is CCN(CC)CCCNC(=O)C(=O)Nc1cccc(Cl)c1Cl. The molecule has 1 aromatic carbocycles. The summed E-state index contributed by atoms with van der Waals surface area (Å²) >= 11 is 11.8. The smallest absolute Gasteiger partial charge is 0.313 e. The number of benzene rings is 1. The number of carbonyl (C=O) groups is 2. The summed E-state index contributed by atoms with van der Waals surface area (Å²) in [4.78, 5) is 25.7. The minimum atomic E-state index is -0.757. The van der Waals surface area contributed by atoms with Crippen molar-refractivity contribution in [3.8, 4) is 0 Å². The van der Waals surface area contributed by atoms with Gasteiger partial charge in [0.05, 0.1) is 15.7 Å². The van der Waals surface area contributed by atoms with Crippen LogP contribution in [0.15, 0.2) is 18.2 Å². The van der Waals surface area contributed by atoms with E-state index < -0.39 is 11.8 Å². The van der Waals surface area contributed by atoms with Gasteiger partial charge in [-0.15, -0.1) is 0 Å². The summed E-state index contributed by atoms with van der Waals surface area (Å²) in [5.41, 5.74) is 0.317. The molecule has 0 fully saturated rings. The van der Waals surface area contributed by atoms with E-state index in [1.165, 1.54) is 0 Å². The largest absolute Gasteiger partial charge is 0.348 e. The minimum absolute atomic E-state index is 0.215. The van der Waals surface area contributed by atoms with Crippen molar-refractivity contribution >= 4 is 40.7 Å². The van der Waals surface area contributed by atoms with Crippen molar-refractivity contribution in [1.82, 2.24) is 10.2 Å². The number of amides is 2. The first-order valence-corrected chi connectivity index (χ1v) is 8.00. The Bertz CT molecular complexity index is 520. The van der Waals surface area contributed by atoms with Crippen LogP contribution in [0.1, 0.15) is 20.3 Å². The van der Waals surface area contributed by atoms with Crippen LogP contribution in [0.3, 0.4) is 0 Å². The summed E-state index contributed by atoms with van der Waals surface area (Å²) in [5, 5.41) is 5.56. The first kappa shape index (κ1) is 18.7. The van der Waals surface area contributed by atoms with Gasteiger partial charge in [-0.1, -0.05) is 43.1 Å². The maximum Gasteiger partial charge on any atom is 0.313 e. The molecule has 0 saturated carbocycles. The van der Waals surface area contributed by atoms with E-state index in [9.17, 15) is 9.59 Å². The summed E-state index contributed by atoms with van der Waals surface area (Å²) in [6.45, 7) is 7.45. The van der Waals surface area contributed by atoms with Gasteiger partial charge < -0.3 is 15.5 Å². The van der Waals surface area contributed by atoms with Gasteiger partial charge in [-0.3, -0.25) is 9.59 Å². The Morgan fingerprint density at radius 1 is 1.14 bits per heavy atom. The second-order valence-electron chi connectivity index (χ2n) is 4.69. The van der Waals surface area contributed by atoms with Crippen molar-refractivity contribution in [3.63, 3.8) is 0 Å². The van der Waals surface area contributed by atoms with Gasteiger partial charge in [0, 0.05) is 6.54 Å². The van der Waals surface area contributed by atoms with E-state index in [4.69, 9.17) is 23.2 Å². The molecule has 1 aromatic rings. The maximum atomic E-state index is 11.8. The molecule has 0 spiro atoms. The lowest BCUT2D eigenvalue weighted by atomic mass is 10.3. The molecule has 0 aliphatic heterocycles. The van der Waals surface area contributed by atoms with Gasteiger partial charge in [-0.25, -0.2) is 0 Å². The molecule has 2 amide bonds. The molecular weight excluding hydrogens is 325 g/mol. The lowest BCUT2D eigenvalue weighted by molar-refractivity contribution is -0.136. The third-order valence-electron chi connectivity index (χ3n) is 3.24. The molecule has 0 aliphatic carbocycles. The molecule has 0 aliphatic rings. The van der Waals surface area contributed by atoms with Crippen molar-refractivity contribution in [2.75, 3.05) is 31.5 Å². The van der Waals surface area contributed by atoms with E-state index >= 15 is 0 Å². The molecule has 0 aromatic heterocycles. The predicted molar refractivity (Wildman–Crippen MR) is 90.5 cm³/mol. The van der Waals surface area contributed by atoms with E-state index in [0.717, 1.165) is 26.1 Å². The molecule has 7 heteroatoms. The van der Waals surface area contributed by atoms with Crippen molar-refractivity contribution in [2.24, 2.45) is 0 Å². The van der Waals surface area contributed by atoms with Crippen molar-refractivity contribution in [2.45, 2.75) is 20.3 Å². The Kier molecular flexibility index (Phi) is 8.24. The van der Waals surface area contributed by atoms with E-state index in [2.05, 4.69) is 29.4 Å². The van der Waals surface area contributed by atoms with Gasteiger partial charge in [0.15, 0.2) is 0 Å². The molecule has 5 nitrogen and oxygen atoms in total. The van der Waals surface area contributed by atoms with Crippen LogP contribution in [0, 0.1) is 0 Å². The highest BCUT2D eigenvalue weighted by atomic mass is 35.5. The van der Waals surface area contributed by atoms with Gasteiger partial charge in [-0.2, -0.15) is 0 Å². The molecule has 0 atom stereocenters. The van der Waals surface area contributed by atoms with E-state index in [0.29, 0.717) is 17.3 Å². The Hall–Kier alpha value is -1.30. The van der Waals surface area contributed by atoms with Crippen LogP contribution in [0.25, 0.3) is 0 Å². The Labute approximate surface area is 141 Å². The predicted octanol–water partition coefficient (Wildman–Crippen LogP) is 2.78. The van der Waals surface area contributed by atoms with Crippen LogP contribution in [-0.4, -0.2) is 42.9 Å². The first-order chi connectivity index (χ1) is 10.5. The number of hydrogen-bond donors (Lipinski definition) is 2. The third kappa shape index (κ3) is 5.83. The van der Waals surface area contributed by atoms with E-state index in [-0.39, 0.29) is 5.02 Å². The van der Waals surface area contributed by atoms with Gasteiger partial charge >= 0.3 is 11.8 Å². The van der Waals surface area contributed by atoms with Gasteiger partial charge in [0.25, 0.3) is 0 Å². The molecule has 22 heavy (non-hydrogen) atoms. The number of rotatable bonds is 7. The standard InChI is InChI=1S/C15H21Cl2N3O2/c1-3-20(4-2)10-6-9-18-14(21)15(22)19-12-8-5-7-11(16)13(12)17/h5,7-8H,3-4,6,9-10H2,1-2H3,(H,18,21)(H,19,22). The zero-order chi connectivity index (χ0) is 16.5. The molecule has 122 valence electrons. The molecule has 0 saturated heterocycles. The third-order valence-corrected chi connectivity index (χ3v) is 4.06. The molecule has 0 unspecified atom stereocenters. The first-order valence-electron chi connectivity index (χ1n) is 7.25. The average molecular weight is 346 g/mol. The number of hydrogen-bond acceptors (Lipinski definition) is 3. The highest BCUT2D eigenvalue weighted by Gasteiger charge is 2.15. The maximum absolute atomic E-state index is 11.8. The topological polar surface area (TPSA) is 61.4 Å².